The molecule has 1 aromatic rings. The standard InChI is InChI=1S/C42H54O19/c1-12-26(46)55-31-40(58-22(4)44)30(56-32(49)35(7)20(2)57-35)33(5)19-38(40,50)36(8,24(33)15-27(47)51-10)41-25(45)16-34(6,29(54-21(3)43)23-13-14-53-18-23)39(17-28(48)52-11)42(31,41)61-37(9,59-39)60-41/h13-14,18,20,24-25,29-31,45,50H,12,15-17,19H2,1-11H3/t20-,24+,25-,29+,30+,31-,33-,34+,35+,36-,37-,38-,39+,40+,41+,42+/m1/s1. The molecule has 0 amide bonds. The van der Waals surface area contributed by atoms with Crippen LogP contribution in [0.15, 0.2) is 23.0 Å². The monoisotopic (exact) mass is 862 g/mol. The molecule has 19 nitrogen and oxygen atoms in total. The summed E-state index contributed by atoms with van der Waals surface area (Å²) in [6.45, 7) is 12.9. The molecule has 4 bridgehead atoms. The average Bonchev–Trinajstić information content (AvgIpc) is 3.64. The van der Waals surface area contributed by atoms with Gasteiger partial charge in [-0.25, -0.2) is 4.79 Å². The molecule has 3 saturated heterocycles. The number of carbonyl (C=O) groups is 6. The fraction of sp³-hybridized carbons (Fsp3) is 0.762. The largest absolute Gasteiger partial charge is 0.472 e. The highest BCUT2D eigenvalue weighted by atomic mass is 17.0. The van der Waals surface area contributed by atoms with Crippen LogP contribution in [0, 0.1) is 22.2 Å². The Kier molecular flexibility index (Phi) is 9.25. The van der Waals surface area contributed by atoms with Crippen LogP contribution in [0.5, 0.6) is 0 Å². The Balaban J connectivity index is 1.55. The lowest BCUT2D eigenvalue weighted by Crippen LogP contribution is -2.99. The molecule has 61 heavy (non-hydrogen) atoms. The quantitative estimate of drug-likeness (QED) is 0.174. The lowest BCUT2D eigenvalue weighted by atomic mass is 9.32. The molecule has 4 heterocycles. The Morgan fingerprint density at radius 2 is 1.52 bits per heavy atom. The maximum absolute atomic E-state index is 14.4. The van der Waals surface area contributed by atoms with E-state index in [2.05, 4.69) is 0 Å². The van der Waals surface area contributed by atoms with Crippen LogP contribution in [-0.2, 0) is 76.1 Å². The minimum absolute atomic E-state index is 0.255. The van der Waals surface area contributed by atoms with Gasteiger partial charge in [-0.3, -0.25) is 24.0 Å². The lowest BCUT2D eigenvalue weighted by molar-refractivity contribution is -0.476. The number of rotatable bonds is 12. The van der Waals surface area contributed by atoms with Gasteiger partial charge in [0.2, 0.25) is 5.60 Å². The fourth-order valence-corrected chi connectivity index (χ4v) is 13.6. The zero-order chi connectivity index (χ0) is 44.9. The van der Waals surface area contributed by atoms with Crippen LogP contribution in [0.1, 0.15) is 106 Å². The van der Waals surface area contributed by atoms with Crippen molar-refractivity contribution in [2.45, 2.75) is 165 Å². The van der Waals surface area contributed by atoms with Gasteiger partial charge in [-0.1, -0.05) is 27.7 Å². The molecule has 19 heteroatoms. The van der Waals surface area contributed by atoms with Gasteiger partial charge in [0.1, 0.15) is 22.9 Å². The third kappa shape index (κ3) is 4.74. The van der Waals surface area contributed by atoms with Crippen molar-refractivity contribution in [1.29, 1.82) is 0 Å². The molecule has 8 rings (SSSR count). The van der Waals surface area contributed by atoms with Gasteiger partial charge in [0.25, 0.3) is 5.97 Å². The van der Waals surface area contributed by atoms with E-state index in [4.69, 9.17) is 51.8 Å². The van der Waals surface area contributed by atoms with Crippen molar-refractivity contribution in [1.82, 2.24) is 0 Å². The van der Waals surface area contributed by atoms with E-state index in [1.807, 2.05) is 0 Å². The number of epoxide rings is 1. The van der Waals surface area contributed by atoms with Crippen LogP contribution in [0.2, 0.25) is 0 Å². The van der Waals surface area contributed by atoms with E-state index < -0.39 is 154 Å². The number of methoxy groups -OCH3 is 2. The summed E-state index contributed by atoms with van der Waals surface area (Å²) >= 11 is 0. The summed E-state index contributed by atoms with van der Waals surface area (Å²) in [6, 6.07) is 1.51. The second-order valence-electron chi connectivity index (χ2n) is 18.7. The van der Waals surface area contributed by atoms with E-state index in [-0.39, 0.29) is 12.0 Å². The summed E-state index contributed by atoms with van der Waals surface area (Å²) in [5.41, 5.74) is -19.4. The van der Waals surface area contributed by atoms with E-state index in [1.165, 1.54) is 53.4 Å². The number of esters is 6. The van der Waals surface area contributed by atoms with Crippen molar-refractivity contribution in [3.05, 3.63) is 24.2 Å². The average molecular weight is 863 g/mol. The van der Waals surface area contributed by atoms with Crippen LogP contribution < -0.4 is 0 Å². The Morgan fingerprint density at radius 3 is 2.07 bits per heavy atom. The van der Waals surface area contributed by atoms with Gasteiger partial charge in [-0.2, -0.15) is 0 Å². The molecule has 1 spiro atoms. The van der Waals surface area contributed by atoms with E-state index >= 15 is 0 Å². The van der Waals surface area contributed by atoms with Crippen molar-refractivity contribution in [3.63, 3.8) is 0 Å². The Labute approximate surface area is 351 Å². The van der Waals surface area contributed by atoms with Gasteiger partial charge in [-0.15, -0.1) is 0 Å². The molecule has 7 aliphatic rings. The first-order valence-electron chi connectivity index (χ1n) is 20.4. The van der Waals surface area contributed by atoms with Gasteiger partial charge in [0.15, 0.2) is 23.4 Å². The molecule has 7 fully saturated rings. The molecule has 4 saturated carbocycles. The molecule has 0 unspecified atom stereocenters. The SMILES string of the molecule is CCC(=O)O[C@@H]1[C@@]2(OC(C)=O)[C@@H](OC(=O)[C@@]3(C)O[C@@H]3C)[C@]3(C)C[C@@]2(O)[C@@](C)([C@H]3CC(=O)OC)[C@]23O[C@@]4(C)O[C@](CC(=O)OC)([C@@]12O4)[C@](C)([C@@H](OC(C)=O)c1ccoc1)C[C@H]3O. The van der Waals surface area contributed by atoms with Crippen molar-refractivity contribution >= 4 is 35.8 Å². The molecule has 0 radical (unpaired) electrons. The van der Waals surface area contributed by atoms with E-state index in [0.29, 0.717) is 0 Å². The second-order valence-corrected chi connectivity index (χ2v) is 18.7. The van der Waals surface area contributed by atoms with Gasteiger partial charge < -0.3 is 62.0 Å². The van der Waals surface area contributed by atoms with Crippen LogP contribution in [-0.4, -0.2) is 124 Å². The molecule has 336 valence electrons. The smallest absolute Gasteiger partial charge is 0.341 e. The minimum atomic E-state index is -2.71. The molecular formula is C42H54O19. The van der Waals surface area contributed by atoms with Crippen LogP contribution in [0.3, 0.4) is 0 Å². The van der Waals surface area contributed by atoms with Gasteiger partial charge in [0.05, 0.1) is 45.4 Å². The summed E-state index contributed by atoms with van der Waals surface area (Å²) in [5, 5.41) is 27.5. The number of hydrogen-bond donors (Lipinski definition) is 2. The first-order chi connectivity index (χ1) is 28.3. The third-order valence-electron chi connectivity index (χ3n) is 15.9. The van der Waals surface area contributed by atoms with E-state index in [9.17, 15) is 39.0 Å². The zero-order valence-electron chi connectivity index (χ0n) is 36.1. The molecule has 1 aromatic heterocycles. The fourth-order valence-electron chi connectivity index (χ4n) is 13.6. The van der Waals surface area contributed by atoms with Gasteiger partial charge in [0, 0.05) is 55.4 Å². The molecular weight excluding hydrogens is 808 g/mol. The topological polar surface area (TPSA) is 252 Å². The summed E-state index contributed by atoms with van der Waals surface area (Å²) in [6.07, 6.45) is -7.67. The van der Waals surface area contributed by atoms with E-state index in [1.54, 1.807) is 20.8 Å². The minimum Gasteiger partial charge on any atom is -0.472 e. The molecule has 4 aliphatic carbocycles. The van der Waals surface area contributed by atoms with Gasteiger partial charge in [-0.05, 0) is 38.7 Å². The summed E-state index contributed by atoms with van der Waals surface area (Å²) in [5.74, 6) is -8.88. The predicted octanol–water partition coefficient (Wildman–Crippen LogP) is 2.25. The summed E-state index contributed by atoms with van der Waals surface area (Å²) in [7, 11) is 2.29. The van der Waals surface area contributed by atoms with Crippen molar-refractivity contribution in [2.24, 2.45) is 22.2 Å². The predicted molar refractivity (Wildman–Crippen MR) is 198 cm³/mol. The van der Waals surface area contributed by atoms with Crippen molar-refractivity contribution < 1.29 is 90.8 Å². The third-order valence-corrected chi connectivity index (χ3v) is 15.9. The Morgan fingerprint density at radius 1 is 0.885 bits per heavy atom. The summed E-state index contributed by atoms with van der Waals surface area (Å²) < 4.78 is 68.3. The lowest BCUT2D eigenvalue weighted by Gasteiger charge is -2.78. The first kappa shape index (κ1) is 43.5. The highest BCUT2D eigenvalue weighted by molar-refractivity contribution is 5.83. The maximum Gasteiger partial charge on any atom is 0.341 e. The second kappa shape index (κ2) is 13.0. The Hall–Kier alpha value is -4.14. The highest BCUT2D eigenvalue weighted by Gasteiger charge is 3.07. The summed E-state index contributed by atoms with van der Waals surface area (Å²) in [4.78, 5) is 83.5. The number of ether oxygens (including phenoxy) is 10. The zero-order valence-corrected chi connectivity index (χ0v) is 36.1. The number of carbonyl (C=O) groups excluding carboxylic acids is 6. The Bertz CT molecular complexity index is 2090. The normalized spacial score (nSPS) is 48.4. The van der Waals surface area contributed by atoms with Crippen LogP contribution in [0.25, 0.3) is 0 Å². The number of fused-ring (bicyclic) bond motifs is 2. The van der Waals surface area contributed by atoms with E-state index in [0.717, 1.165) is 21.0 Å². The number of hydrogen-bond acceptors (Lipinski definition) is 19. The van der Waals surface area contributed by atoms with Crippen LogP contribution in [0.4, 0.5) is 0 Å². The molecule has 0 aromatic carbocycles. The number of aliphatic hydroxyl groups excluding tert-OH is 1. The highest BCUT2D eigenvalue weighted by Crippen LogP contribution is 2.89. The van der Waals surface area contributed by atoms with Crippen LogP contribution >= 0.6 is 0 Å². The van der Waals surface area contributed by atoms with Crippen molar-refractivity contribution in [3.8, 4) is 0 Å². The molecule has 16 atom stereocenters. The molecule has 2 N–H and O–H groups in total. The first-order valence-corrected chi connectivity index (χ1v) is 20.4. The van der Waals surface area contributed by atoms with Gasteiger partial charge >= 0.3 is 35.8 Å². The van der Waals surface area contributed by atoms with Crippen molar-refractivity contribution in [2.75, 3.05) is 14.2 Å². The molecule has 3 aliphatic heterocycles. The number of furan rings is 1. The maximum atomic E-state index is 14.4. The number of aliphatic hydroxyl groups is 2.